The molecule has 2 aliphatic heterocycles. The zero-order valence-electron chi connectivity index (χ0n) is 20.8. The van der Waals surface area contributed by atoms with E-state index in [9.17, 15) is 0 Å². The Kier molecular flexibility index (Phi) is 6.72. The van der Waals surface area contributed by atoms with Crippen molar-refractivity contribution >= 4 is 11.4 Å². The maximum atomic E-state index is 5.61. The van der Waals surface area contributed by atoms with E-state index in [4.69, 9.17) is 4.74 Å². The molecule has 0 spiro atoms. The number of hydrogen-bond acceptors (Lipinski definition) is 4. The summed E-state index contributed by atoms with van der Waals surface area (Å²) in [5.74, 6) is 2.60. The van der Waals surface area contributed by atoms with Gasteiger partial charge < -0.3 is 14.5 Å². The standard InChI is InChI=1S/C28H45N3O/c1-28(2,3)24-8-6-23(7-9-24)26-11-10-25(30-16-18-32-19-17-30)20-27(26)31-14-12-29(13-15-31)21-22-4-5-22/h10-11,20,22-24H,4-9,12-19,21H2,1-3H3. The van der Waals surface area contributed by atoms with Gasteiger partial charge in [-0.1, -0.05) is 26.8 Å². The quantitative estimate of drug-likeness (QED) is 0.613. The molecular formula is C28H45N3O. The van der Waals surface area contributed by atoms with Crippen molar-refractivity contribution in [2.24, 2.45) is 17.3 Å². The fourth-order valence-electron chi connectivity index (χ4n) is 6.28. The lowest BCUT2D eigenvalue weighted by molar-refractivity contribution is 0.122. The molecular weight excluding hydrogens is 394 g/mol. The van der Waals surface area contributed by atoms with Crippen LogP contribution in [0.2, 0.25) is 0 Å². The van der Waals surface area contributed by atoms with Gasteiger partial charge in [0.2, 0.25) is 0 Å². The van der Waals surface area contributed by atoms with E-state index in [0.29, 0.717) is 5.41 Å². The molecule has 178 valence electrons. The highest BCUT2D eigenvalue weighted by Gasteiger charge is 2.33. The Morgan fingerprint density at radius 2 is 1.50 bits per heavy atom. The molecule has 0 bridgehead atoms. The summed E-state index contributed by atoms with van der Waals surface area (Å²) in [5.41, 5.74) is 5.02. The molecule has 0 amide bonds. The number of morpholine rings is 1. The summed E-state index contributed by atoms with van der Waals surface area (Å²) in [6, 6.07) is 7.44. The van der Waals surface area contributed by atoms with Crippen molar-refractivity contribution in [1.82, 2.24) is 4.90 Å². The summed E-state index contributed by atoms with van der Waals surface area (Å²) in [5, 5.41) is 0. The largest absolute Gasteiger partial charge is 0.378 e. The van der Waals surface area contributed by atoms with Gasteiger partial charge in [0.1, 0.15) is 0 Å². The third kappa shape index (κ3) is 5.28. The lowest BCUT2D eigenvalue weighted by atomic mass is 9.68. The van der Waals surface area contributed by atoms with Crippen molar-refractivity contribution in [2.45, 2.75) is 65.2 Å². The molecule has 2 saturated heterocycles. The highest BCUT2D eigenvalue weighted by atomic mass is 16.5. The molecule has 4 aliphatic rings. The maximum absolute atomic E-state index is 5.61. The van der Waals surface area contributed by atoms with Gasteiger partial charge in [-0.3, -0.25) is 4.90 Å². The summed E-state index contributed by atoms with van der Waals surface area (Å²) < 4.78 is 5.61. The second-order valence-electron chi connectivity index (χ2n) is 12.0. The molecule has 0 N–H and O–H groups in total. The minimum absolute atomic E-state index is 0.450. The van der Waals surface area contributed by atoms with E-state index >= 15 is 0 Å². The van der Waals surface area contributed by atoms with Gasteiger partial charge in [-0.15, -0.1) is 0 Å². The number of nitrogens with zero attached hydrogens (tertiary/aromatic N) is 3. The second-order valence-corrected chi connectivity index (χ2v) is 12.0. The molecule has 5 rings (SSSR count). The summed E-state index contributed by atoms with van der Waals surface area (Å²) in [4.78, 5) is 7.96. The van der Waals surface area contributed by atoms with E-state index in [0.717, 1.165) is 44.1 Å². The lowest BCUT2D eigenvalue weighted by Crippen LogP contribution is -2.47. The minimum atomic E-state index is 0.450. The number of ether oxygens (including phenoxy) is 1. The summed E-state index contributed by atoms with van der Waals surface area (Å²) in [6.07, 6.45) is 8.40. The Bertz CT molecular complexity index is 746. The van der Waals surface area contributed by atoms with Gasteiger partial charge in [-0.05, 0) is 79.4 Å². The van der Waals surface area contributed by atoms with Crippen LogP contribution in [0.25, 0.3) is 0 Å². The van der Waals surface area contributed by atoms with Crippen molar-refractivity contribution in [3.05, 3.63) is 23.8 Å². The Morgan fingerprint density at radius 3 is 2.12 bits per heavy atom. The Labute approximate surface area is 196 Å². The molecule has 4 fully saturated rings. The van der Waals surface area contributed by atoms with Crippen molar-refractivity contribution < 1.29 is 4.74 Å². The molecule has 4 heteroatoms. The van der Waals surface area contributed by atoms with E-state index in [1.54, 1.807) is 11.3 Å². The number of benzene rings is 1. The second kappa shape index (κ2) is 9.54. The van der Waals surface area contributed by atoms with E-state index in [-0.39, 0.29) is 0 Å². The first-order valence-corrected chi connectivity index (χ1v) is 13.4. The highest BCUT2D eigenvalue weighted by molar-refractivity contribution is 5.65. The summed E-state index contributed by atoms with van der Waals surface area (Å²) in [7, 11) is 0. The molecule has 32 heavy (non-hydrogen) atoms. The third-order valence-electron chi connectivity index (χ3n) is 8.71. The summed E-state index contributed by atoms with van der Waals surface area (Å²) >= 11 is 0. The fraction of sp³-hybridized carbons (Fsp3) is 0.786. The van der Waals surface area contributed by atoms with Crippen molar-refractivity contribution in [2.75, 3.05) is 68.8 Å². The van der Waals surface area contributed by atoms with E-state index in [1.165, 1.54) is 76.9 Å². The van der Waals surface area contributed by atoms with Crippen molar-refractivity contribution in [3.63, 3.8) is 0 Å². The fourth-order valence-corrected chi connectivity index (χ4v) is 6.28. The van der Waals surface area contributed by atoms with Crippen LogP contribution < -0.4 is 9.80 Å². The normalized spacial score (nSPS) is 28.2. The highest BCUT2D eigenvalue weighted by Crippen LogP contribution is 2.46. The smallest absolute Gasteiger partial charge is 0.0642 e. The molecule has 0 atom stereocenters. The molecule has 2 heterocycles. The van der Waals surface area contributed by atoms with Crippen LogP contribution in [0.3, 0.4) is 0 Å². The predicted molar refractivity (Wildman–Crippen MR) is 135 cm³/mol. The molecule has 2 aliphatic carbocycles. The van der Waals surface area contributed by atoms with Crippen LogP contribution in [-0.2, 0) is 4.74 Å². The lowest BCUT2D eigenvalue weighted by Gasteiger charge is -2.41. The number of hydrogen-bond donors (Lipinski definition) is 0. The first-order valence-electron chi connectivity index (χ1n) is 13.4. The van der Waals surface area contributed by atoms with E-state index < -0.39 is 0 Å². The van der Waals surface area contributed by atoms with Crippen molar-refractivity contribution in [1.29, 1.82) is 0 Å². The molecule has 0 aromatic heterocycles. The molecule has 4 nitrogen and oxygen atoms in total. The summed E-state index contributed by atoms with van der Waals surface area (Å²) in [6.45, 7) is 17.2. The topological polar surface area (TPSA) is 19.0 Å². The van der Waals surface area contributed by atoms with E-state index in [2.05, 4.69) is 53.7 Å². The first kappa shape index (κ1) is 22.5. The Balaban J connectivity index is 1.34. The molecule has 1 aromatic rings. The Morgan fingerprint density at radius 1 is 0.812 bits per heavy atom. The monoisotopic (exact) mass is 439 g/mol. The molecule has 0 unspecified atom stereocenters. The van der Waals surface area contributed by atoms with Crippen molar-refractivity contribution in [3.8, 4) is 0 Å². The third-order valence-corrected chi connectivity index (χ3v) is 8.71. The zero-order valence-corrected chi connectivity index (χ0v) is 20.8. The van der Waals surface area contributed by atoms with Crippen LogP contribution in [0.5, 0.6) is 0 Å². The minimum Gasteiger partial charge on any atom is -0.378 e. The average molecular weight is 440 g/mol. The van der Waals surface area contributed by atoms with E-state index in [1.807, 2.05) is 0 Å². The average Bonchev–Trinajstić information content (AvgIpc) is 3.63. The molecule has 1 aromatic carbocycles. The predicted octanol–water partition coefficient (Wildman–Crippen LogP) is 5.38. The van der Waals surface area contributed by atoms with Crippen LogP contribution in [0, 0.1) is 17.3 Å². The number of anilines is 2. The van der Waals surface area contributed by atoms with Crippen LogP contribution in [0.4, 0.5) is 11.4 Å². The Hall–Kier alpha value is -1.26. The molecule has 2 saturated carbocycles. The number of piperazine rings is 1. The number of rotatable bonds is 5. The van der Waals surface area contributed by atoms with Gasteiger partial charge in [0, 0.05) is 57.2 Å². The van der Waals surface area contributed by atoms with Gasteiger partial charge in [0.25, 0.3) is 0 Å². The van der Waals surface area contributed by atoms with Crippen LogP contribution in [0.15, 0.2) is 18.2 Å². The molecule has 0 radical (unpaired) electrons. The first-order chi connectivity index (χ1) is 15.5. The van der Waals surface area contributed by atoms with Gasteiger partial charge >= 0.3 is 0 Å². The van der Waals surface area contributed by atoms with Crippen LogP contribution in [0.1, 0.15) is 70.8 Å². The van der Waals surface area contributed by atoms with Crippen LogP contribution in [-0.4, -0.2) is 63.9 Å². The van der Waals surface area contributed by atoms with Gasteiger partial charge in [-0.2, -0.15) is 0 Å². The SMILES string of the molecule is CC(C)(C)C1CCC(c2ccc(N3CCOCC3)cc2N2CCN(CC3CC3)CC2)CC1. The van der Waals surface area contributed by atoms with Gasteiger partial charge in [0.15, 0.2) is 0 Å². The van der Waals surface area contributed by atoms with Crippen LogP contribution >= 0.6 is 0 Å². The van der Waals surface area contributed by atoms with Gasteiger partial charge in [-0.25, -0.2) is 0 Å². The zero-order chi connectivity index (χ0) is 22.1. The maximum Gasteiger partial charge on any atom is 0.0642 e. The van der Waals surface area contributed by atoms with Gasteiger partial charge in [0.05, 0.1) is 13.2 Å².